The topological polar surface area (TPSA) is 105 Å². The number of benzene rings is 2. The first-order valence-corrected chi connectivity index (χ1v) is 11.8. The van der Waals surface area contributed by atoms with Crippen molar-refractivity contribution < 1.29 is 29.0 Å². The number of allylic oxidation sites excluding steroid dienone is 1. The first-order chi connectivity index (χ1) is 16.9. The zero-order valence-electron chi connectivity index (χ0n) is 19.6. The van der Waals surface area contributed by atoms with Gasteiger partial charge in [0.1, 0.15) is 6.61 Å². The highest BCUT2D eigenvalue weighted by molar-refractivity contribution is 5.86. The lowest BCUT2D eigenvalue weighted by molar-refractivity contribution is -0.144. The van der Waals surface area contributed by atoms with Gasteiger partial charge in [-0.2, -0.15) is 0 Å². The molecule has 2 amide bonds. The quantitative estimate of drug-likeness (QED) is 0.405. The van der Waals surface area contributed by atoms with Gasteiger partial charge in [0.15, 0.2) is 5.54 Å². The first-order valence-electron chi connectivity index (χ1n) is 11.8. The summed E-state index contributed by atoms with van der Waals surface area (Å²) in [5.74, 6) is -1.35. The van der Waals surface area contributed by atoms with E-state index < -0.39 is 23.7 Å². The zero-order valence-corrected chi connectivity index (χ0v) is 19.6. The van der Waals surface area contributed by atoms with E-state index in [1.807, 2.05) is 48.5 Å². The fraction of sp³-hybridized carbons (Fsp3) is 0.370. The lowest BCUT2D eigenvalue weighted by atomic mass is 9.98. The number of alkyl carbamates (subject to hydrolysis) is 1. The van der Waals surface area contributed by atoms with Crippen LogP contribution in [0.2, 0.25) is 0 Å². The Balaban J connectivity index is 1.35. The Morgan fingerprint density at radius 3 is 2.34 bits per heavy atom. The number of hydrogen-bond acceptors (Lipinski definition) is 5. The highest BCUT2D eigenvalue weighted by atomic mass is 16.6. The van der Waals surface area contributed by atoms with Gasteiger partial charge in [-0.3, -0.25) is 0 Å². The van der Waals surface area contributed by atoms with Crippen molar-refractivity contribution in [3.63, 3.8) is 0 Å². The summed E-state index contributed by atoms with van der Waals surface area (Å²) >= 11 is 0. The number of carboxylic acids is 1. The number of nitrogens with zero attached hydrogens (tertiary/aromatic N) is 1. The van der Waals surface area contributed by atoms with E-state index >= 15 is 0 Å². The monoisotopic (exact) mass is 478 g/mol. The molecule has 0 radical (unpaired) electrons. The molecule has 1 atom stereocenters. The van der Waals surface area contributed by atoms with Crippen molar-refractivity contribution in [2.24, 2.45) is 0 Å². The smallest absolute Gasteiger partial charge is 0.409 e. The van der Waals surface area contributed by atoms with Crippen LogP contribution in [0, 0.1) is 0 Å². The van der Waals surface area contributed by atoms with E-state index in [0.29, 0.717) is 6.42 Å². The minimum atomic E-state index is -1.62. The normalized spacial score (nSPS) is 18.5. The summed E-state index contributed by atoms with van der Waals surface area (Å²) in [5, 5.41) is 12.4. The SMILES string of the molecule is C=CCCCCOC(=O)N1CC[C@](NC(=O)OCC2c3ccccc3-c3ccccc32)(C(=O)O)C1. The summed E-state index contributed by atoms with van der Waals surface area (Å²) in [6.07, 6.45) is 2.87. The number of nitrogens with one attached hydrogen (secondary N) is 1. The maximum absolute atomic E-state index is 12.7. The predicted molar refractivity (Wildman–Crippen MR) is 130 cm³/mol. The van der Waals surface area contributed by atoms with Crippen molar-refractivity contribution >= 4 is 18.2 Å². The van der Waals surface area contributed by atoms with Crippen molar-refractivity contribution in [1.29, 1.82) is 0 Å². The molecule has 0 spiro atoms. The molecule has 8 nitrogen and oxygen atoms in total. The Morgan fingerprint density at radius 1 is 1.06 bits per heavy atom. The highest BCUT2D eigenvalue weighted by Crippen LogP contribution is 2.44. The lowest BCUT2D eigenvalue weighted by Gasteiger charge is -2.26. The van der Waals surface area contributed by atoms with E-state index in [2.05, 4.69) is 11.9 Å². The molecule has 35 heavy (non-hydrogen) atoms. The summed E-state index contributed by atoms with van der Waals surface area (Å²) in [4.78, 5) is 38.5. The number of carboxylic acid groups (broad SMARTS) is 1. The number of hydrogen-bond donors (Lipinski definition) is 2. The number of aliphatic carboxylic acids is 1. The van der Waals surface area contributed by atoms with Crippen LogP contribution in [-0.4, -0.2) is 60.0 Å². The Labute approximate surface area is 204 Å². The number of ether oxygens (including phenoxy) is 2. The molecule has 1 aliphatic heterocycles. The van der Waals surface area contributed by atoms with E-state index in [1.54, 1.807) is 6.08 Å². The molecule has 1 heterocycles. The number of carbonyl (C=O) groups is 3. The predicted octanol–water partition coefficient (Wildman–Crippen LogP) is 4.55. The molecule has 1 fully saturated rings. The Kier molecular flexibility index (Phi) is 7.39. The fourth-order valence-corrected chi connectivity index (χ4v) is 4.77. The minimum absolute atomic E-state index is 0.0676. The van der Waals surface area contributed by atoms with Gasteiger partial charge in [0, 0.05) is 18.9 Å². The number of unbranched alkanes of at least 4 members (excludes halogenated alkanes) is 2. The van der Waals surface area contributed by atoms with Gasteiger partial charge in [0.2, 0.25) is 0 Å². The van der Waals surface area contributed by atoms with E-state index in [9.17, 15) is 19.5 Å². The van der Waals surface area contributed by atoms with Crippen LogP contribution in [0.3, 0.4) is 0 Å². The van der Waals surface area contributed by atoms with Crippen LogP contribution < -0.4 is 5.32 Å². The molecule has 0 bridgehead atoms. The van der Waals surface area contributed by atoms with Gasteiger partial charge in [0.25, 0.3) is 0 Å². The van der Waals surface area contributed by atoms with Crippen LogP contribution in [0.5, 0.6) is 0 Å². The van der Waals surface area contributed by atoms with Gasteiger partial charge in [-0.15, -0.1) is 6.58 Å². The lowest BCUT2D eigenvalue weighted by Crippen LogP contribution is -2.56. The molecule has 0 unspecified atom stereocenters. The van der Waals surface area contributed by atoms with Crippen LogP contribution in [0.25, 0.3) is 11.1 Å². The molecule has 184 valence electrons. The molecular weight excluding hydrogens is 448 g/mol. The molecule has 2 aromatic rings. The van der Waals surface area contributed by atoms with Crippen molar-refractivity contribution in [3.05, 3.63) is 72.3 Å². The summed E-state index contributed by atoms with van der Waals surface area (Å²) in [5.41, 5.74) is 2.72. The number of fused-ring (bicyclic) bond motifs is 3. The van der Waals surface area contributed by atoms with Crippen molar-refractivity contribution in [2.75, 3.05) is 26.3 Å². The third kappa shape index (κ3) is 5.16. The van der Waals surface area contributed by atoms with E-state index in [0.717, 1.165) is 35.1 Å². The molecule has 2 aliphatic rings. The van der Waals surface area contributed by atoms with Crippen molar-refractivity contribution in [1.82, 2.24) is 10.2 Å². The fourth-order valence-electron chi connectivity index (χ4n) is 4.77. The third-order valence-electron chi connectivity index (χ3n) is 6.65. The van der Waals surface area contributed by atoms with E-state index in [4.69, 9.17) is 9.47 Å². The van der Waals surface area contributed by atoms with Gasteiger partial charge in [0.05, 0.1) is 13.2 Å². The molecule has 8 heteroatoms. The van der Waals surface area contributed by atoms with Gasteiger partial charge in [-0.1, -0.05) is 54.6 Å². The maximum Gasteiger partial charge on any atom is 0.409 e. The van der Waals surface area contributed by atoms with Gasteiger partial charge >= 0.3 is 18.2 Å². The first kappa shape index (κ1) is 24.3. The second kappa shape index (κ2) is 10.6. The molecule has 4 rings (SSSR count). The second-order valence-electron chi connectivity index (χ2n) is 8.91. The van der Waals surface area contributed by atoms with Gasteiger partial charge < -0.3 is 24.8 Å². The van der Waals surface area contributed by atoms with Gasteiger partial charge in [-0.05, 0) is 41.5 Å². The summed E-state index contributed by atoms with van der Waals surface area (Å²) in [7, 11) is 0. The minimum Gasteiger partial charge on any atom is -0.479 e. The zero-order chi connectivity index (χ0) is 24.8. The molecular formula is C27H30N2O6. The third-order valence-corrected chi connectivity index (χ3v) is 6.65. The maximum atomic E-state index is 12.7. The molecule has 2 N–H and O–H groups in total. The highest BCUT2D eigenvalue weighted by Gasteiger charge is 2.48. The number of amides is 2. The van der Waals surface area contributed by atoms with Crippen molar-refractivity contribution in [2.45, 2.75) is 37.1 Å². The van der Waals surface area contributed by atoms with Gasteiger partial charge in [-0.25, -0.2) is 14.4 Å². The number of likely N-dealkylation sites (tertiary alicyclic amines) is 1. The second-order valence-corrected chi connectivity index (χ2v) is 8.91. The van der Waals surface area contributed by atoms with Crippen LogP contribution in [0.1, 0.15) is 42.7 Å². The molecule has 0 saturated carbocycles. The van der Waals surface area contributed by atoms with Crippen LogP contribution in [0.15, 0.2) is 61.2 Å². The van der Waals surface area contributed by atoms with Crippen LogP contribution >= 0.6 is 0 Å². The molecule has 1 aliphatic carbocycles. The molecule has 0 aromatic heterocycles. The Bertz CT molecular complexity index is 1070. The van der Waals surface area contributed by atoms with E-state index in [-0.39, 0.29) is 38.6 Å². The van der Waals surface area contributed by atoms with E-state index in [1.165, 1.54) is 4.90 Å². The molecule has 2 aromatic carbocycles. The number of rotatable bonds is 9. The summed E-state index contributed by atoms with van der Waals surface area (Å²) in [6.45, 7) is 3.97. The average Bonchev–Trinajstić information content (AvgIpc) is 3.43. The molecule has 1 saturated heterocycles. The van der Waals surface area contributed by atoms with Crippen LogP contribution in [0.4, 0.5) is 9.59 Å². The summed E-state index contributed by atoms with van der Waals surface area (Å²) < 4.78 is 10.8. The Morgan fingerprint density at radius 2 is 1.71 bits per heavy atom. The Hall–Kier alpha value is -3.81. The van der Waals surface area contributed by atoms with Crippen LogP contribution in [-0.2, 0) is 14.3 Å². The summed E-state index contributed by atoms with van der Waals surface area (Å²) in [6, 6.07) is 15.9. The standard InChI is InChI=1S/C27H30N2O6/c1-2-3-4-9-16-34-26(33)29-15-14-27(18-29,24(30)31)28-25(32)35-17-23-21-12-7-5-10-19(21)20-11-6-8-13-22(20)23/h2,5-8,10-13,23H,1,3-4,9,14-18H2,(H,28,32)(H,30,31)/t27-/m1/s1. The largest absolute Gasteiger partial charge is 0.479 e. The number of carbonyl (C=O) groups excluding carboxylic acids is 2. The average molecular weight is 479 g/mol. The van der Waals surface area contributed by atoms with Crippen molar-refractivity contribution in [3.8, 4) is 11.1 Å².